The first-order valence-corrected chi connectivity index (χ1v) is 7.59. The van der Waals surface area contributed by atoms with E-state index >= 15 is 0 Å². The molecule has 0 atom stereocenters. The van der Waals surface area contributed by atoms with Crippen LogP contribution in [0, 0.1) is 0 Å². The molecule has 0 aliphatic rings. The topological polar surface area (TPSA) is 87.7 Å². The molecular formula is C18H18N4O2. The summed E-state index contributed by atoms with van der Waals surface area (Å²) in [7, 11) is 0. The van der Waals surface area contributed by atoms with E-state index in [1.807, 2.05) is 12.1 Å². The summed E-state index contributed by atoms with van der Waals surface area (Å²) in [6, 6.07) is 7.09. The highest BCUT2D eigenvalue weighted by atomic mass is 16.2. The lowest BCUT2D eigenvalue weighted by Crippen LogP contribution is -2.18. The van der Waals surface area contributed by atoms with Crippen LogP contribution in [-0.2, 0) is 5.41 Å². The molecule has 1 aromatic carbocycles. The van der Waals surface area contributed by atoms with Crippen LogP contribution in [0.1, 0.15) is 36.8 Å². The molecule has 2 aromatic heterocycles. The number of nitrogens with one attached hydrogen (secondary N) is 2. The molecule has 0 unspecified atom stereocenters. The third-order valence-electron chi connectivity index (χ3n) is 3.70. The lowest BCUT2D eigenvalue weighted by molar-refractivity contribution is 0.102. The van der Waals surface area contributed by atoms with E-state index in [9.17, 15) is 9.59 Å². The van der Waals surface area contributed by atoms with Crippen molar-refractivity contribution < 1.29 is 4.79 Å². The van der Waals surface area contributed by atoms with Gasteiger partial charge in [-0.25, -0.2) is 4.98 Å². The second-order valence-corrected chi connectivity index (χ2v) is 6.60. The van der Waals surface area contributed by atoms with Crippen LogP contribution in [0.15, 0.2) is 47.7 Å². The first-order valence-electron chi connectivity index (χ1n) is 7.59. The Balaban J connectivity index is 2.00. The Labute approximate surface area is 139 Å². The number of aromatic amines is 1. The maximum absolute atomic E-state index is 12.2. The van der Waals surface area contributed by atoms with E-state index in [1.165, 1.54) is 18.6 Å². The predicted octanol–water partition coefficient (Wildman–Crippen LogP) is 2.87. The van der Waals surface area contributed by atoms with E-state index in [2.05, 4.69) is 41.0 Å². The van der Waals surface area contributed by atoms with Crippen LogP contribution < -0.4 is 10.9 Å². The van der Waals surface area contributed by atoms with Crippen molar-refractivity contribution >= 4 is 22.5 Å². The van der Waals surface area contributed by atoms with Gasteiger partial charge in [-0.15, -0.1) is 0 Å². The molecule has 0 spiro atoms. The average molecular weight is 322 g/mol. The summed E-state index contributed by atoms with van der Waals surface area (Å²) in [4.78, 5) is 34.8. The first kappa shape index (κ1) is 15.9. The Morgan fingerprint density at radius 2 is 1.96 bits per heavy atom. The SMILES string of the molecule is CC(C)(C)c1cc(=O)[nH]c2cc(NC(=O)c3cnccn3)ccc12. The van der Waals surface area contributed by atoms with Gasteiger partial charge in [-0.3, -0.25) is 14.6 Å². The van der Waals surface area contributed by atoms with Gasteiger partial charge in [0.25, 0.3) is 5.91 Å². The Kier molecular flexibility index (Phi) is 3.89. The Hall–Kier alpha value is -3.02. The number of pyridine rings is 1. The summed E-state index contributed by atoms with van der Waals surface area (Å²) in [5.41, 5.74) is 2.15. The second-order valence-electron chi connectivity index (χ2n) is 6.60. The monoisotopic (exact) mass is 322 g/mol. The molecule has 0 aliphatic heterocycles. The van der Waals surface area contributed by atoms with Gasteiger partial charge in [0.15, 0.2) is 0 Å². The van der Waals surface area contributed by atoms with Crippen LogP contribution in [-0.4, -0.2) is 20.9 Å². The van der Waals surface area contributed by atoms with Crippen molar-refractivity contribution in [3.05, 3.63) is 64.5 Å². The lowest BCUT2D eigenvalue weighted by Gasteiger charge is -2.21. The number of nitrogens with zero attached hydrogens (tertiary/aromatic N) is 2. The largest absolute Gasteiger partial charge is 0.322 e. The minimum atomic E-state index is -0.350. The van der Waals surface area contributed by atoms with Crippen LogP contribution in [0.3, 0.4) is 0 Å². The zero-order chi connectivity index (χ0) is 17.3. The third kappa shape index (κ3) is 3.17. The smallest absolute Gasteiger partial charge is 0.275 e. The number of hydrogen-bond donors (Lipinski definition) is 2. The van der Waals surface area contributed by atoms with Crippen molar-refractivity contribution in [3.63, 3.8) is 0 Å². The van der Waals surface area contributed by atoms with Gasteiger partial charge in [0.1, 0.15) is 5.69 Å². The van der Waals surface area contributed by atoms with Gasteiger partial charge >= 0.3 is 0 Å². The molecular weight excluding hydrogens is 304 g/mol. The number of carbonyl (C=O) groups excluding carboxylic acids is 1. The first-order chi connectivity index (χ1) is 11.3. The number of rotatable bonds is 2. The van der Waals surface area contributed by atoms with Crippen LogP contribution >= 0.6 is 0 Å². The summed E-state index contributed by atoms with van der Waals surface area (Å²) in [5, 5.41) is 3.72. The van der Waals surface area contributed by atoms with Crippen LogP contribution in [0.25, 0.3) is 10.9 Å². The molecule has 0 aliphatic carbocycles. The molecule has 1 amide bonds. The Morgan fingerprint density at radius 1 is 1.17 bits per heavy atom. The molecule has 2 N–H and O–H groups in total. The summed E-state index contributed by atoms with van der Waals surface area (Å²) >= 11 is 0. The Bertz CT molecular complexity index is 956. The van der Waals surface area contributed by atoms with Crippen molar-refractivity contribution in [1.82, 2.24) is 15.0 Å². The highest BCUT2D eigenvalue weighted by molar-refractivity contribution is 6.03. The number of carbonyl (C=O) groups is 1. The quantitative estimate of drug-likeness (QED) is 0.759. The fourth-order valence-corrected chi connectivity index (χ4v) is 2.57. The average Bonchev–Trinajstić information content (AvgIpc) is 2.53. The minimum absolute atomic E-state index is 0.156. The third-order valence-corrected chi connectivity index (χ3v) is 3.70. The number of aromatic nitrogens is 3. The number of benzene rings is 1. The normalized spacial score (nSPS) is 11.5. The summed E-state index contributed by atoms with van der Waals surface area (Å²) in [6.07, 6.45) is 4.37. The van der Waals surface area contributed by atoms with Gasteiger partial charge in [-0.2, -0.15) is 0 Å². The molecule has 6 nitrogen and oxygen atoms in total. The van der Waals surface area contributed by atoms with E-state index in [0.717, 1.165) is 10.9 Å². The predicted molar refractivity (Wildman–Crippen MR) is 93.3 cm³/mol. The molecule has 0 bridgehead atoms. The fraction of sp³-hybridized carbons (Fsp3) is 0.222. The molecule has 0 saturated heterocycles. The van der Waals surface area contributed by atoms with Gasteiger partial charge in [0, 0.05) is 29.5 Å². The van der Waals surface area contributed by atoms with Crippen molar-refractivity contribution in [2.75, 3.05) is 5.32 Å². The van der Waals surface area contributed by atoms with Crippen molar-refractivity contribution in [1.29, 1.82) is 0 Å². The van der Waals surface area contributed by atoms with E-state index in [1.54, 1.807) is 12.1 Å². The Morgan fingerprint density at radius 3 is 2.62 bits per heavy atom. The zero-order valence-electron chi connectivity index (χ0n) is 13.8. The van der Waals surface area contributed by atoms with Gasteiger partial charge in [0.2, 0.25) is 5.56 Å². The second kappa shape index (κ2) is 5.88. The zero-order valence-corrected chi connectivity index (χ0v) is 13.8. The van der Waals surface area contributed by atoms with E-state index in [4.69, 9.17) is 0 Å². The minimum Gasteiger partial charge on any atom is -0.322 e. The highest BCUT2D eigenvalue weighted by Gasteiger charge is 2.18. The van der Waals surface area contributed by atoms with Crippen molar-refractivity contribution in [2.24, 2.45) is 0 Å². The lowest BCUT2D eigenvalue weighted by atomic mass is 9.85. The summed E-state index contributed by atoms with van der Waals surface area (Å²) in [6.45, 7) is 6.18. The molecule has 6 heteroatoms. The van der Waals surface area contributed by atoms with E-state index in [0.29, 0.717) is 11.2 Å². The standard InChI is InChI=1S/C18H18N4O2/c1-18(2,3)13-9-16(23)22-14-8-11(4-5-12(13)14)21-17(24)15-10-19-6-7-20-15/h4-10H,1-3H3,(H,21,24)(H,22,23). The molecule has 0 radical (unpaired) electrons. The molecule has 0 saturated carbocycles. The number of amides is 1. The van der Waals surface area contributed by atoms with E-state index in [-0.39, 0.29) is 22.6 Å². The highest BCUT2D eigenvalue weighted by Crippen LogP contribution is 2.29. The number of hydrogen-bond acceptors (Lipinski definition) is 4. The maximum atomic E-state index is 12.2. The fourth-order valence-electron chi connectivity index (χ4n) is 2.57. The molecule has 3 aromatic rings. The van der Waals surface area contributed by atoms with Gasteiger partial charge in [-0.1, -0.05) is 26.8 Å². The molecule has 122 valence electrons. The molecule has 0 fully saturated rings. The summed E-state index contributed by atoms with van der Waals surface area (Å²) in [5.74, 6) is -0.350. The van der Waals surface area contributed by atoms with Gasteiger partial charge in [-0.05, 0) is 23.1 Å². The van der Waals surface area contributed by atoms with Crippen LogP contribution in [0.5, 0.6) is 0 Å². The van der Waals surface area contributed by atoms with Crippen LogP contribution in [0.2, 0.25) is 0 Å². The van der Waals surface area contributed by atoms with Gasteiger partial charge < -0.3 is 10.3 Å². The van der Waals surface area contributed by atoms with Crippen molar-refractivity contribution in [2.45, 2.75) is 26.2 Å². The molecule has 2 heterocycles. The molecule has 24 heavy (non-hydrogen) atoms. The number of fused-ring (bicyclic) bond motifs is 1. The van der Waals surface area contributed by atoms with E-state index < -0.39 is 0 Å². The number of anilines is 1. The van der Waals surface area contributed by atoms with Gasteiger partial charge in [0.05, 0.1) is 11.7 Å². The van der Waals surface area contributed by atoms with Crippen molar-refractivity contribution in [3.8, 4) is 0 Å². The number of H-pyrrole nitrogens is 1. The summed E-state index contributed by atoms with van der Waals surface area (Å²) < 4.78 is 0. The maximum Gasteiger partial charge on any atom is 0.275 e. The van der Waals surface area contributed by atoms with Crippen LogP contribution in [0.4, 0.5) is 5.69 Å². The molecule has 3 rings (SSSR count).